The molecule has 1 aromatic carbocycles. The van der Waals surface area contributed by atoms with E-state index in [9.17, 15) is 13.2 Å². The molecule has 0 aliphatic carbocycles. The number of hydrogen-bond acceptors (Lipinski definition) is 4. The minimum Gasteiger partial charge on any atom is -0.282 e. The summed E-state index contributed by atoms with van der Waals surface area (Å²) in [5.41, 5.74) is 0.956. The Labute approximate surface area is 104 Å². The molecule has 0 unspecified atom stereocenters. The molecule has 1 aromatic rings. The summed E-state index contributed by atoms with van der Waals surface area (Å²) >= 11 is 1.24. The molecule has 0 bridgehead atoms. The summed E-state index contributed by atoms with van der Waals surface area (Å²) < 4.78 is 29.6. The number of nitrogens with zero attached hydrogens (tertiary/aromatic N) is 1. The molecule has 92 valence electrons. The maximum atomic E-state index is 10.5. The summed E-state index contributed by atoms with van der Waals surface area (Å²) in [7, 11) is -4.02. The van der Waals surface area contributed by atoms with Crippen molar-refractivity contribution in [3.63, 3.8) is 0 Å². The number of amides is 1. The molecule has 5 nitrogen and oxygen atoms in total. The molecule has 2 rings (SSSR count). The molecule has 0 spiro atoms. The van der Waals surface area contributed by atoms with E-state index in [0.717, 1.165) is 11.3 Å². The number of carbonyl (C=O) groups is 1. The largest absolute Gasteiger partial charge is 0.304 e. The zero-order valence-electron chi connectivity index (χ0n) is 9.03. The molecule has 0 radical (unpaired) electrons. The third kappa shape index (κ3) is 5.12. The van der Waals surface area contributed by atoms with Crippen molar-refractivity contribution in [1.82, 2.24) is 0 Å². The first-order valence-corrected chi connectivity index (χ1v) is 7.05. The van der Waals surface area contributed by atoms with E-state index in [0.29, 0.717) is 0 Å². The Balaban J connectivity index is 0.000000202. The summed E-state index contributed by atoms with van der Waals surface area (Å²) in [5, 5.41) is -0.0602. The van der Waals surface area contributed by atoms with Crippen molar-refractivity contribution in [2.75, 3.05) is 5.75 Å². The highest BCUT2D eigenvalue weighted by molar-refractivity contribution is 8.14. The fourth-order valence-electron chi connectivity index (χ4n) is 0.968. The smallest absolute Gasteiger partial charge is 0.282 e. The summed E-state index contributed by atoms with van der Waals surface area (Å²) in [6.07, 6.45) is 1.62. The van der Waals surface area contributed by atoms with Crippen molar-refractivity contribution in [2.24, 2.45) is 4.99 Å². The predicted octanol–water partition coefficient (Wildman–Crippen LogP) is 2.17. The third-order valence-electron chi connectivity index (χ3n) is 1.80. The van der Waals surface area contributed by atoms with Gasteiger partial charge in [0.05, 0.1) is 4.90 Å². The minimum absolute atomic E-state index is 0.0602. The van der Waals surface area contributed by atoms with Crippen LogP contribution in [0.4, 0.5) is 4.79 Å². The molecule has 1 N–H and O–H groups in total. The van der Waals surface area contributed by atoms with Gasteiger partial charge >= 0.3 is 5.24 Å². The molecule has 1 heterocycles. The minimum atomic E-state index is -4.02. The molecule has 17 heavy (non-hydrogen) atoms. The maximum Gasteiger partial charge on any atom is 0.304 e. The van der Waals surface area contributed by atoms with Gasteiger partial charge < -0.3 is 0 Å². The average Bonchev–Trinajstić information content (AvgIpc) is 2.69. The van der Waals surface area contributed by atoms with Gasteiger partial charge in [-0.25, -0.2) is 4.99 Å². The highest BCUT2D eigenvalue weighted by atomic mass is 32.2. The lowest BCUT2D eigenvalue weighted by molar-refractivity contribution is 0.268. The first kappa shape index (κ1) is 13.9. The van der Waals surface area contributed by atoms with E-state index in [1.165, 1.54) is 23.9 Å². The van der Waals surface area contributed by atoms with Crippen molar-refractivity contribution in [3.8, 4) is 0 Å². The Hall–Kier alpha value is -1.18. The highest BCUT2D eigenvalue weighted by Crippen LogP contribution is 2.08. The topological polar surface area (TPSA) is 83.8 Å². The summed E-state index contributed by atoms with van der Waals surface area (Å²) in [6.45, 7) is 1.84. The highest BCUT2D eigenvalue weighted by Gasteiger charge is 2.06. The van der Waals surface area contributed by atoms with Gasteiger partial charge in [0, 0.05) is 12.0 Å². The summed E-state index contributed by atoms with van der Waals surface area (Å²) in [4.78, 5) is 13.4. The fraction of sp³-hybridized carbons (Fsp3) is 0.200. The maximum absolute atomic E-state index is 10.5. The van der Waals surface area contributed by atoms with E-state index in [1.807, 2.05) is 6.92 Å². The van der Waals surface area contributed by atoms with E-state index in [-0.39, 0.29) is 10.1 Å². The van der Waals surface area contributed by atoms with Crippen LogP contribution >= 0.6 is 11.8 Å². The number of rotatable bonds is 1. The molecule has 1 amide bonds. The van der Waals surface area contributed by atoms with Crippen LogP contribution in [-0.4, -0.2) is 30.2 Å². The first-order valence-electron chi connectivity index (χ1n) is 4.63. The number of hydrogen-bond donors (Lipinski definition) is 1. The van der Waals surface area contributed by atoms with Gasteiger partial charge in [0.1, 0.15) is 0 Å². The summed E-state index contributed by atoms with van der Waals surface area (Å²) in [6, 6.07) is 5.99. The lowest BCUT2D eigenvalue weighted by Gasteiger charge is -1.95. The van der Waals surface area contributed by atoms with Crippen molar-refractivity contribution in [3.05, 3.63) is 29.8 Å². The van der Waals surface area contributed by atoms with Gasteiger partial charge in [-0.05, 0) is 19.1 Å². The molecule has 0 saturated heterocycles. The number of aliphatic imine (C=N–C) groups is 1. The molecular formula is C10H11NO4S2. The standard InChI is InChI=1S/C7H8O3S.C3H3NOS/c1-6-2-4-7(5-3-6)11(8,9)10;5-3-4-1-2-6-3/h2-5H,1H3,(H,8,9,10);1H,2H2. The molecule has 0 saturated carbocycles. The van der Waals surface area contributed by atoms with Crippen LogP contribution in [0.25, 0.3) is 0 Å². The Morgan fingerprint density at radius 2 is 1.88 bits per heavy atom. The molecule has 1 aliphatic rings. The van der Waals surface area contributed by atoms with Crippen molar-refractivity contribution in [2.45, 2.75) is 11.8 Å². The zero-order valence-corrected chi connectivity index (χ0v) is 10.7. The molecular weight excluding hydrogens is 262 g/mol. The van der Waals surface area contributed by atoms with Crippen LogP contribution in [0.1, 0.15) is 5.56 Å². The second-order valence-corrected chi connectivity index (χ2v) is 5.57. The van der Waals surface area contributed by atoms with Crippen molar-refractivity contribution >= 4 is 33.3 Å². The van der Waals surface area contributed by atoms with Crippen LogP contribution < -0.4 is 0 Å². The van der Waals surface area contributed by atoms with E-state index < -0.39 is 10.1 Å². The predicted molar refractivity (Wildman–Crippen MR) is 67.3 cm³/mol. The van der Waals surface area contributed by atoms with Gasteiger partial charge in [-0.15, -0.1) is 0 Å². The number of carbonyl (C=O) groups excluding carboxylic acids is 1. The second-order valence-electron chi connectivity index (χ2n) is 3.18. The van der Waals surface area contributed by atoms with Gasteiger partial charge in [0.25, 0.3) is 10.1 Å². The van der Waals surface area contributed by atoms with E-state index in [2.05, 4.69) is 4.99 Å². The van der Waals surface area contributed by atoms with Gasteiger partial charge in [0.2, 0.25) is 0 Å². The van der Waals surface area contributed by atoms with E-state index >= 15 is 0 Å². The Kier molecular flexibility index (Phi) is 4.86. The Morgan fingerprint density at radius 1 is 1.29 bits per heavy atom. The van der Waals surface area contributed by atoms with Crippen LogP contribution in [0.5, 0.6) is 0 Å². The van der Waals surface area contributed by atoms with E-state index in [4.69, 9.17) is 4.55 Å². The van der Waals surface area contributed by atoms with Crippen LogP contribution in [0.2, 0.25) is 0 Å². The Morgan fingerprint density at radius 3 is 2.18 bits per heavy atom. The van der Waals surface area contributed by atoms with Crippen molar-refractivity contribution in [1.29, 1.82) is 0 Å². The van der Waals surface area contributed by atoms with Gasteiger partial charge in [-0.3, -0.25) is 9.35 Å². The van der Waals surface area contributed by atoms with Crippen LogP contribution in [0.3, 0.4) is 0 Å². The summed E-state index contributed by atoms with van der Waals surface area (Å²) in [5.74, 6) is 0.763. The van der Waals surface area contributed by atoms with Crippen molar-refractivity contribution < 1.29 is 17.8 Å². The lowest BCUT2D eigenvalue weighted by Crippen LogP contribution is -1.96. The molecule has 0 atom stereocenters. The fourth-order valence-corrected chi connectivity index (χ4v) is 1.89. The monoisotopic (exact) mass is 273 g/mol. The normalized spacial score (nSPS) is 14.4. The molecule has 1 aliphatic heterocycles. The molecule has 0 aromatic heterocycles. The first-order chi connectivity index (χ1) is 7.89. The molecule has 7 heteroatoms. The van der Waals surface area contributed by atoms with Crippen LogP contribution in [0, 0.1) is 6.92 Å². The van der Waals surface area contributed by atoms with Gasteiger partial charge in [-0.1, -0.05) is 29.5 Å². The quantitative estimate of drug-likeness (QED) is 0.793. The second kappa shape index (κ2) is 5.95. The van der Waals surface area contributed by atoms with Crippen LogP contribution in [0.15, 0.2) is 34.2 Å². The SMILES string of the molecule is Cc1ccc(S(=O)(=O)O)cc1.O=C1N=CCS1. The average molecular weight is 273 g/mol. The third-order valence-corrected chi connectivity index (χ3v) is 3.33. The van der Waals surface area contributed by atoms with Crippen LogP contribution in [-0.2, 0) is 10.1 Å². The van der Waals surface area contributed by atoms with Gasteiger partial charge in [-0.2, -0.15) is 8.42 Å². The lowest BCUT2D eigenvalue weighted by atomic mass is 10.2. The Bertz CT molecular complexity index is 520. The number of thioether (sulfide) groups is 1. The number of aryl methyl sites for hydroxylation is 1. The number of benzene rings is 1. The molecule has 0 fully saturated rings. The van der Waals surface area contributed by atoms with E-state index in [1.54, 1.807) is 18.3 Å². The zero-order chi connectivity index (χ0) is 12.9. The van der Waals surface area contributed by atoms with Gasteiger partial charge in [0.15, 0.2) is 0 Å².